The molecule has 0 spiro atoms. The van der Waals surface area contributed by atoms with Crippen LogP contribution in [0.3, 0.4) is 0 Å². The van der Waals surface area contributed by atoms with Crippen molar-refractivity contribution in [3.63, 3.8) is 0 Å². The van der Waals surface area contributed by atoms with Crippen molar-refractivity contribution in [3.8, 4) is 6.07 Å². The highest BCUT2D eigenvalue weighted by Crippen LogP contribution is 2.11. The number of nitriles is 1. The van der Waals surface area contributed by atoms with Gasteiger partial charge in [0.05, 0.1) is 12.2 Å². The number of nitrogen functional groups attached to an aromatic ring is 1. The van der Waals surface area contributed by atoms with E-state index in [1.807, 2.05) is 6.07 Å². The summed E-state index contributed by atoms with van der Waals surface area (Å²) >= 11 is 0. The van der Waals surface area contributed by atoms with E-state index in [4.69, 9.17) is 11.0 Å². The van der Waals surface area contributed by atoms with Crippen LogP contribution in [0.25, 0.3) is 0 Å². The molecule has 0 aliphatic carbocycles. The molecular weight excluding hydrogens is 226 g/mol. The van der Waals surface area contributed by atoms with Gasteiger partial charge in [0.2, 0.25) is 0 Å². The molecular formula is C14H15N3O. The van der Waals surface area contributed by atoms with Crippen LogP contribution in [-0.4, -0.2) is 4.57 Å². The van der Waals surface area contributed by atoms with Crippen LogP contribution >= 0.6 is 0 Å². The molecule has 92 valence electrons. The van der Waals surface area contributed by atoms with Gasteiger partial charge in [0.25, 0.3) is 5.56 Å². The molecule has 1 aromatic rings. The largest absolute Gasteiger partial charge is 0.397 e. The molecule has 0 amide bonds. The summed E-state index contributed by atoms with van der Waals surface area (Å²) in [5.74, 6) is 0. The van der Waals surface area contributed by atoms with Crippen molar-refractivity contribution in [3.05, 3.63) is 64.6 Å². The van der Waals surface area contributed by atoms with Gasteiger partial charge in [0, 0.05) is 6.20 Å². The van der Waals surface area contributed by atoms with Crippen molar-refractivity contribution in [2.24, 2.45) is 0 Å². The maximum absolute atomic E-state index is 12.0. The molecule has 0 radical (unpaired) electrons. The van der Waals surface area contributed by atoms with Gasteiger partial charge in [0.1, 0.15) is 11.6 Å². The van der Waals surface area contributed by atoms with E-state index < -0.39 is 0 Å². The first kappa shape index (κ1) is 13.5. The molecule has 2 N–H and O–H groups in total. The highest BCUT2D eigenvalue weighted by atomic mass is 16.1. The highest BCUT2D eigenvalue weighted by molar-refractivity contribution is 5.52. The summed E-state index contributed by atoms with van der Waals surface area (Å²) in [6.45, 7) is 9.32. The van der Waals surface area contributed by atoms with Gasteiger partial charge < -0.3 is 10.3 Å². The fraction of sp³-hybridized carbons (Fsp3) is 0.143. The molecule has 0 fully saturated rings. The fourth-order valence-electron chi connectivity index (χ4n) is 1.50. The summed E-state index contributed by atoms with van der Waals surface area (Å²) in [6, 6.07) is 1.88. The summed E-state index contributed by atoms with van der Waals surface area (Å²) in [6.07, 6.45) is 6.64. The van der Waals surface area contributed by atoms with Crippen molar-refractivity contribution in [2.45, 2.75) is 13.5 Å². The maximum Gasteiger partial charge on any atom is 0.269 e. The van der Waals surface area contributed by atoms with Gasteiger partial charge in [-0.3, -0.25) is 4.79 Å². The van der Waals surface area contributed by atoms with Crippen LogP contribution in [0, 0.1) is 18.3 Å². The van der Waals surface area contributed by atoms with Gasteiger partial charge in [-0.25, -0.2) is 0 Å². The molecule has 0 bridgehead atoms. The first-order valence-electron chi connectivity index (χ1n) is 5.37. The smallest absolute Gasteiger partial charge is 0.269 e. The second-order valence-electron chi connectivity index (χ2n) is 3.88. The lowest BCUT2D eigenvalue weighted by Gasteiger charge is -2.10. The van der Waals surface area contributed by atoms with Crippen LogP contribution < -0.4 is 11.3 Å². The number of allylic oxidation sites excluding steroid dienone is 4. The average Bonchev–Trinajstić information content (AvgIpc) is 2.34. The van der Waals surface area contributed by atoms with E-state index in [0.717, 1.165) is 5.57 Å². The Balaban J connectivity index is 3.20. The van der Waals surface area contributed by atoms with Gasteiger partial charge in [0.15, 0.2) is 0 Å². The third-order valence-corrected chi connectivity index (χ3v) is 2.53. The Morgan fingerprint density at radius 2 is 2.33 bits per heavy atom. The van der Waals surface area contributed by atoms with E-state index in [1.165, 1.54) is 10.8 Å². The zero-order chi connectivity index (χ0) is 13.7. The minimum Gasteiger partial charge on any atom is -0.397 e. The standard InChI is InChI=1S/C14H15N3O/c1-4-5-6-10(2)8-17-9-13(16)11(3)12(7-15)14(17)18/h4-6,9H,1-2,8,16H2,3H3/b6-5-. The minimum absolute atomic E-state index is 0.0792. The highest BCUT2D eigenvalue weighted by Gasteiger charge is 2.10. The van der Waals surface area contributed by atoms with Crippen LogP contribution in [0.15, 0.2) is 48.0 Å². The summed E-state index contributed by atoms with van der Waals surface area (Å²) in [7, 11) is 0. The van der Waals surface area contributed by atoms with E-state index in [2.05, 4.69) is 13.2 Å². The molecule has 4 heteroatoms. The Morgan fingerprint density at radius 1 is 1.67 bits per heavy atom. The number of nitrogens with zero attached hydrogens (tertiary/aromatic N) is 2. The number of hydrogen-bond acceptors (Lipinski definition) is 3. The maximum atomic E-state index is 12.0. The molecule has 0 aliphatic rings. The molecule has 0 saturated heterocycles. The lowest BCUT2D eigenvalue weighted by atomic mass is 10.1. The third-order valence-electron chi connectivity index (χ3n) is 2.53. The second-order valence-corrected chi connectivity index (χ2v) is 3.88. The van der Waals surface area contributed by atoms with Gasteiger partial charge in [-0.15, -0.1) is 0 Å². The van der Waals surface area contributed by atoms with Crippen molar-refractivity contribution in [2.75, 3.05) is 5.73 Å². The van der Waals surface area contributed by atoms with E-state index in [9.17, 15) is 4.79 Å². The molecule has 4 nitrogen and oxygen atoms in total. The van der Waals surface area contributed by atoms with Crippen molar-refractivity contribution in [1.29, 1.82) is 5.26 Å². The number of aromatic nitrogens is 1. The number of rotatable bonds is 4. The Kier molecular flexibility index (Phi) is 4.27. The van der Waals surface area contributed by atoms with Gasteiger partial charge in [-0.1, -0.05) is 31.4 Å². The topological polar surface area (TPSA) is 71.8 Å². The lowest BCUT2D eigenvalue weighted by Crippen LogP contribution is -2.24. The zero-order valence-electron chi connectivity index (χ0n) is 10.3. The zero-order valence-corrected chi connectivity index (χ0v) is 10.3. The van der Waals surface area contributed by atoms with Gasteiger partial charge in [-0.2, -0.15) is 5.26 Å². The Morgan fingerprint density at radius 3 is 2.89 bits per heavy atom. The van der Waals surface area contributed by atoms with Crippen LogP contribution in [-0.2, 0) is 6.54 Å². The van der Waals surface area contributed by atoms with E-state index in [-0.39, 0.29) is 11.1 Å². The quantitative estimate of drug-likeness (QED) is 0.818. The Labute approximate surface area is 106 Å². The molecule has 18 heavy (non-hydrogen) atoms. The van der Waals surface area contributed by atoms with E-state index in [0.29, 0.717) is 17.8 Å². The van der Waals surface area contributed by atoms with E-state index in [1.54, 1.807) is 25.2 Å². The summed E-state index contributed by atoms with van der Waals surface area (Å²) in [4.78, 5) is 12.0. The Bertz CT molecular complexity index is 615. The first-order chi connectivity index (χ1) is 8.51. The second kappa shape index (κ2) is 5.69. The van der Waals surface area contributed by atoms with Crippen LogP contribution in [0.4, 0.5) is 5.69 Å². The molecule has 0 atom stereocenters. The number of pyridine rings is 1. The fourth-order valence-corrected chi connectivity index (χ4v) is 1.50. The summed E-state index contributed by atoms with van der Waals surface area (Å²) in [5, 5.41) is 8.96. The van der Waals surface area contributed by atoms with Crippen molar-refractivity contribution >= 4 is 5.69 Å². The SMILES string of the molecule is C=C/C=C\C(=C)Cn1cc(N)c(C)c(C#N)c1=O. The summed E-state index contributed by atoms with van der Waals surface area (Å²) in [5.41, 5.74) is 7.16. The third kappa shape index (κ3) is 2.77. The monoisotopic (exact) mass is 241 g/mol. The number of nitrogens with two attached hydrogens (primary N) is 1. The number of hydrogen-bond donors (Lipinski definition) is 1. The minimum atomic E-state index is -0.350. The predicted octanol–water partition coefficient (Wildman–Crippen LogP) is 1.91. The predicted molar refractivity (Wildman–Crippen MR) is 73.0 cm³/mol. The summed E-state index contributed by atoms with van der Waals surface area (Å²) < 4.78 is 1.39. The van der Waals surface area contributed by atoms with Gasteiger partial charge in [-0.05, 0) is 18.1 Å². The van der Waals surface area contributed by atoms with Gasteiger partial charge >= 0.3 is 0 Å². The average molecular weight is 241 g/mol. The van der Waals surface area contributed by atoms with Crippen LogP contribution in [0.2, 0.25) is 0 Å². The van der Waals surface area contributed by atoms with Crippen LogP contribution in [0.1, 0.15) is 11.1 Å². The first-order valence-corrected chi connectivity index (χ1v) is 5.37. The van der Waals surface area contributed by atoms with E-state index >= 15 is 0 Å². The molecule has 1 rings (SSSR count). The molecule has 1 heterocycles. The molecule has 0 aromatic carbocycles. The molecule has 0 unspecified atom stereocenters. The Hall–Kier alpha value is -2.54. The normalized spacial score (nSPS) is 10.2. The van der Waals surface area contributed by atoms with Crippen molar-refractivity contribution in [1.82, 2.24) is 4.57 Å². The molecule has 1 aromatic heterocycles. The number of anilines is 1. The molecule has 0 aliphatic heterocycles. The van der Waals surface area contributed by atoms with Crippen LogP contribution in [0.5, 0.6) is 0 Å². The molecule has 0 saturated carbocycles. The lowest BCUT2D eigenvalue weighted by molar-refractivity contribution is 0.757. The van der Waals surface area contributed by atoms with Crippen molar-refractivity contribution < 1.29 is 0 Å².